The lowest BCUT2D eigenvalue weighted by Crippen LogP contribution is -2.45. The lowest BCUT2D eigenvalue weighted by Gasteiger charge is -2.37. The maximum atomic E-state index is 13.1. The Bertz CT molecular complexity index is 412. The third-order valence-electron chi connectivity index (χ3n) is 2.88. The molecule has 0 bridgehead atoms. The van der Waals surface area contributed by atoms with Crippen LogP contribution >= 0.6 is 0 Å². The molecule has 0 amide bonds. The first-order chi connectivity index (χ1) is 8.10. The van der Waals surface area contributed by atoms with Gasteiger partial charge in [0.25, 0.3) is 0 Å². The van der Waals surface area contributed by atoms with Gasteiger partial charge in [-0.05, 0) is 32.0 Å². The number of benzene rings is 1. The average molecular weight is 237 g/mol. The van der Waals surface area contributed by atoms with E-state index < -0.39 is 0 Å². The molecule has 2 rings (SSSR count). The molecule has 2 atom stereocenters. The molecule has 92 valence electrons. The van der Waals surface area contributed by atoms with E-state index >= 15 is 0 Å². The first-order valence-corrected chi connectivity index (χ1v) is 5.75. The highest BCUT2D eigenvalue weighted by atomic mass is 19.1. The summed E-state index contributed by atoms with van der Waals surface area (Å²) in [5.74, 6) is -0.384. The molecule has 3 nitrogen and oxygen atoms in total. The van der Waals surface area contributed by atoms with Crippen LogP contribution in [0.5, 0.6) is 0 Å². The first-order valence-electron chi connectivity index (χ1n) is 5.75. The molecule has 1 saturated heterocycles. The molecule has 1 aromatic rings. The number of aldehydes is 1. The van der Waals surface area contributed by atoms with Crippen LogP contribution < -0.4 is 4.90 Å². The van der Waals surface area contributed by atoms with Crippen molar-refractivity contribution < 1.29 is 13.9 Å². The lowest BCUT2D eigenvalue weighted by molar-refractivity contribution is -0.00525. The van der Waals surface area contributed by atoms with Crippen molar-refractivity contribution in [2.45, 2.75) is 26.1 Å². The second-order valence-corrected chi connectivity index (χ2v) is 4.48. The summed E-state index contributed by atoms with van der Waals surface area (Å²) in [7, 11) is 0. The molecule has 0 spiro atoms. The topological polar surface area (TPSA) is 29.5 Å². The Kier molecular flexibility index (Phi) is 3.43. The second kappa shape index (κ2) is 4.84. The van der Waals surface area contributed by atoms with Crippen LogP contribution in [0.15, 0.2) is 18.2 Å². The number of nitrogens with zero attached hydrogens (tertiary/aromatic N) is 1. The van der Waals surface area contributed by atoms with E-state index in [-0.39, 0.29) is 18.0 Å². The lowest BCUT2D eigenvalue weighted by atomic mass is 10.1. The molecule has 0 aliphatic carbocycles. The number of halogens is 1. The van der Waals surface area contributed by atoms with Gasteiger partial charge in [0.05, 0.1) is 12.2 Å². The molecule has 1 aliphatic heterocycles. The number of hydrogen-bond acceptors (Lipinski definition) is 3. The van der Waals surface area contributed by atoms with E-state index in [1.165, 1.54) is 12.1 Å². The van der Waals surface area contributed by atoms with Crippen molar-refractivity contribution in [3.8, 4) is 0 Å². The summed E-state index contributed by atoms with van der Waals surface area (Å²) in [6.45, 7) is 5.42. The number of anilines is 1. The number of carbonyl (C=O) groups excluding carboxylic acids is 1. The predicted octanol–water partition coefficient (Wildman–Crippen LogP) is 2.25. The van der Waals surface area contributed by atoms with Gasteiger partial charge in [-0.1, -0.05) is 0 Å². The van der Waals surface area contributed by atoms with Crippen molar-refractivity contribution in [1.29, 1.82) is 0 Å². The van der Waals surface area contributed by atoms with Crippen LogP contribution in [-0.4, -0.2) is 31.6 Å². The third kappa shape index (κ3) is 2.64. The van der Waals surface area contributed by atoms with Crippen LogP contribution in [0.2, 0.25) is 0 Å². The molecule has 0 aromatic heterocycles. The number of morpholine rings is 1. The van der Waals surface area contributed by atoms with Gasteiger partial charge < -0.3 is 9.64 Å². The molecule has 1 heterocycles. The summed E-state index contributed by atoms with van der Waals surface area (Å²) < 4.78 is 18.7. The molecule has 0 radical (unpaired) electrons. The summed E-state index contributed by atoms with van der Waals surface area (Å²) in [6, 6.07) is 4.31. The molecule has 1 fully saturated rings. The van der Waals surface area contributed by atoms with E-state index in [2.05, 4.69) is 4.90 Å². The number of carbonyl (C=O) groups is 1. The van der Waals surface area contributed by atoms with Gasteiger partial charge in [-0.2, -0.15) is 0 Å². The third-order valence-corrected chi connectivity index (χ3v) is 2.88. The fourth-order valence-corrected chi connectivity index (χ4v) is 2.28. The van der Waals surface area contributed by atoms with E-state index in [0.717, 1.165) is 18.8 Å². The van der Waals surface area contributed by atoms with Crippen LogP contribution in [0.1, 0.15) is 24.2 Å². The zero-order valence-corrected chi connectivity index (χ0v) is 10.0. The SMILES string of the molecule is C[C@H]1CN(c2ccc(F)cc2C=O)C[C@H](C)O1. The zero-order chi connectivity index (χ0) is 12.4. The Hall–Kier alpha value is -1.42. The van der Waals surface area contributed by atoms with Crippen molar-refractivity contribution in [1.82, 2.24) is 0 Å². The van der Waals surface area contributed by atoms with Crippen LogP contribution in [0.4, 0.5) is 10.1 Å². The summed E-state index contributed by atoms with van der Waals surface area (Å²) >= 11 is 0. The second-order valence-electron chi connectivity index (χ2n) is 4.48. The molecule has 0 N–H and O–H groups in total. The first kappa shape index (κ1) is 12.0. The Labute approximate surface area is 100 Å². The quantitative estimate of drug-likeness (QED) is 0.739. The maximum absolute atomic E-state index is 13.1. The molecule has 1 aromatic carbocycles. The van der Waals surface area contributed by atoms with Gasteiger partial charge in [0.15, 0.2) is 6.29 Å². The molecular formula is C13H16FNO2. The van der Waals surface area contributed by atoms with Gasteiger partial charge in [0, 0.05) is 24.3 Å². The maximum Gasteiger partial charge on any atom is 0.152 e. The zero-order valence-electron chi connectivity index (χ0n) is 10.0. The minimum Gasteiger partial charge on any atom is -0.372 e. The van der Waals surface area contributed by atoms with Crippen molar-refractivity contribution in [3.05, 3.63) is 29.6 Å². The van der Waals surface area contributed by atoms with Crippen molar-refractivity contribution >= 4 is 12.0 Å². The van der Waals surface area contributed by atoms with E-state index in [1.54, 1.807) is 6.07 Å². The molecular weight excluding hydrogens is 221 g/mol. The number of ether oxygens (including phenoxy) is 1. The van der Waals surface area contributed by atoms with Gasteiger partial charge in [-0.3, -0.25) is 4.79 Å². The summed E-state index contributed by atoms with van der Waals surface area (Å²) in [6.07, 6.45) is 0.926. The Morgan fingerprint density at radius 3 is 2.59 bits per heavy atom. The molecule has 17 heavy (non-hydrogen) atoms. The summed E-state index contributed by atoms with van der Waals surface area (Å²) in [5, 5.41) is 0. The Morgan fingerprint density at radius 1 is 1.35 bits per heavy atom. The average Bonchev–Trinajstić information content (AvgIpc) is 2.27. The highest BCUT2D eigenvalue weighted by molar-refractivity contribution is 5.84. The molecule has 1 aliphatic rings. The van der Waals surface area contributed by atoms with E-state index in [9.17, 15) is 9.18 Å². The Balaban J connectivity index is 2.29. The minimum atomic E-state index is -0.384. The monoisotopic (exact) mass is 237 g/mol. The smallest absolute Gasteiger partial charge is 0.152 e. The minimum absolute atomic E-state index is 0.114. The van der Waals surface area contributed by atoms with Crippen molar-refractivity contribution in [2.75, 3.05) is 18.0 Å². The van der Waals surface area contributed by atoms with Crippen molar-refractivity contribution in [2.24, 2.45) is 0 Å². The van der Waals surface area contributed by atoms with E-state index in [1.807, 2.05) is 13.8 Å². The highest BCUT2D eigenvalue weighted by Crippen LogP contribution is 2.24. The number of rotatable bonds is 2. The van der Waals surface area contributed by atoms with Gasteiger partial charge >= 0.3 is 0 Å². The van der Waals surface area contributed by atoms with Gasteiger partial charge in [0.1, 0.15) is 5.82 Å². The number of hydrogen-bond donors (Lipinski definition) is 0. The van der Waals surface area contributed by atoms with E-state index in [4.69, 9.17) is 4.74 Å². The van der Waals surface area contributed by atoms with Gasteiger partial charge in [-0.25, -0.2) is 4.39 Å². The standard InChI is InChI=1S/C13H16FNO2/c1-9-6-15(7-10(2)17-9)13-4-3-12(14)5-11(13)8-16/h3-5,8-10H,6-7H2,1-2H3/t9-,10-/m0/s1. The Morgan fingerprint density at radius 2 is 2.00 bits per heavy atom. The van der Waals surface area contributed by atoms with Crippen LogP contribution in [0.25, 0.3) is 0 Å². The highest BCUT2D eigenvalue weighted by Gasteiger charge is 2.23. The summed E-state index contributed by atoms with van der Waals surface area (Å²) in [5.41, 5.74) is 1.18. The van der Waals surface area contributed by atoms with Crippen molar-refractivity contribution in [3.63, 3.8) is 0 Å². The largest absolute Gasteiger partial charge is 0.372 e. The molecule has 0 saturated carbocycles. The molecule has 4 heteroatoms. The van der Waals surface area contributed by atoms with Gasteiger partial charge in [-0.15, -0.1) is 0 Å². The fraction of sp³-hybridized carbons (Fsp3) is 0.462. The van der Waals surface area contributed by atoms with Gasteiger partial charge in [0.2, 0.25) is 0 Å². The van der Waals surface area contributed by atoms with Crippen LogP contribution in [-0.2, 0) is 4.74 Å². The van der Waals surface area contributed by atoms with Crippen LogP contribution in [0.3, 0.4) is 0 Å². The predicted molar refractivity (Wildman–Crippen MR) is 64.0 cm³/mol. The van der Waals surface area contributed by atoms with E-state index in [0.29, 0.717) is 11.8 Å². The summed E-state index contributed by atoms with van der Waals surface area (Å²) in [4.78, 5) is 13.0. The fourth-order valence-electron chi connectivity index (χ4n) is 2.28. The van der Waals surface area contributed by atoms with Crippen LogP contribution in [0, 0.1) is 5.82 Å². The normalized spacial score (nSPS) is 24.8. The molecule has 0 unspecified atom stereocenters.